The summed E-state index contributed by atoms with van der Waals surface area (Å²) in [5.74, 6) is 0.562. The molecule has 1 heterocycles. The van der Waals surface area contributed by atoms with Crippen molar-refractivity contribution in [1.82, 2.24) is 10.2 Å². The molecular formula is C16H30N4. The van der Waals surface area contributed by atoms with Crippen molar-refractivity contribution < 1.29 is 0 Å². The minimum absolute atomic E-state index is 0.277. The first-order chi connectivity index (χ1) is 9.77. The maximum atomic E-state index is 5.94. The van der Waals surface area contributed by atoms with Crippen LogP contribution in [0.15, 0.2) is 17.6 Å². The molecule has 1 saturated carbocycles. The van der Waals surface area contributed by atoms with Crippen molar-refractivity contribution in [3.63, 3.8) is 0 Å². The van der Waals surface area contributed by atoms with E-state index in [1.54, 1.807) is 0 Å². The number of hydrogen-bond acceptors (Lipinski definition) is 2. The average molecular weight is 278 g/mol. The lowest BCUT2D eigenvalue weighted by molar-refractivity contribution is 0.0408. The smallest absolute Gasteiger partial charge is 0.188 e. The Morgan fingerprint density at radius 3 is 2.45 bits per heavy atom. The van der Waals surface area contributed by atoms with Crippen molar-refractivity contribution in [2.75, 3.05) is 26.2 Å². The van der Waals surface area contributed by atoms with Gasteiger partial charge in [0.25, 0.3) is 0 Å². The number of nitrogens with zero attached hydrogens (tertiary/aromatic N) is 2. The lowest BCUT2D eigenvalue weighted by Crippen LogP contribution is -2.54. The molecule has 20 heavy (non-hydrogen) atoms. The molecule has 1 aliphatic heterocycles. The zero-order valence-electron chi connectivity index (χ0n) is 12.7. The number of likely N-dealkylation sites (tertiary alicyclic amines) is 1. The minimum atomic E-state index is 0.277. The zero-order chi connectivity index (χ0) is 14.3. The minimum Gasteiger partial charge on any atom is -0.370 e. The van der Waals surface area contributed by atoms with Crippen LogP contribution in [0.2, 0.25) is 0 Å². The molecule has 4 nitrogen and oxygen atoms in total. The molecule has 0 spiro atoms. The number of nitrogens with one attached hydrogen (secondary N) is 1. The average Bonchev–Trinajstić information content (AvgIpc) is 2.52. The maximum Gasteiger partial charge on any atom is 0.188 e. The van der Waals surface area contributed by atoms with Gasteiger partial charge in [0.2, 0.25) is 0 Å². The second kappa shape index (κ2) is 7.67. The summed E-state index contributed by atoms with van der Waals surface area (Å²) in [5.41, 5.74) is 6.21. The molecule has 1 saturated heterocycles. The second-order valence-electron chi connectivity index (χ2n) is 6.20. The first-order valence-corrected chi connectivity index (χ1v) is 8.17. The van der Waals surface area contributed by atoms with E-state index in [2.05, 4.69) is 21.8 Å². The summed E-state index contributed by atoms with van der Waals surface area (Å²) < 4.78 is 0. The molecule has 0 aromatic carbocycles. The van der Waals surface area contributed by atoms with Gasteiger partial charge in [-0.3, -0.25) is 9.89 Å². The van der Waals surface area contributed by atoms with Gasteiger partial charge in [-0.15, -0.1) is 6.58 Å². The molecule has 114 valence electrons. The summed E-state index contributed by atoms with van der Waals surface area (Å²) in [6.07, 6.45) is 12.5. The first kappa shape index (κ1) is 15.4. The van der Waals surface area contributed by atoms with Crippen molar-refractivity contribution in [2.45, 2.75) is 56.9 Å². The van der Waals surface area contributed by atoms with Crippen molar-refractivity contribution in [3.8, 4) is 0 Å². The van der Waals surface area contributed by atoms with E-state index >= 15 is 0 Å². The molecule has 2 fully saturated rings. The Morgan fingerprint density at radius 1 is 1.15 bits per heavy atom. The van der Waals surface area contributed by atoms with E-state index in [-0.39, 0.29) is 5.54 Å². The number of piperidine rings is 1. The Hall–Kier alpha value is -1.03. The van der Waals surface area contributed by atoms with Crippen LogP contribution in [0.3, 0.4) is 0 Å². The number of nitrogens with two attached hydrogens (primary N) is 1. The fourth-order valence-corrected chi connectivity index (χ4v) is 3.62. The fraction of sp³-hybridized carbons (Fsp3) is 0.812. The van der Waals surface area contributed by atoms with E-state index < -0.39 is 0 Å². The van der Waals surface area contributed by atoms with Gasteiger partial charge in [-0.1, -0.05) is 31.8 Å². The van der Waals surface area contributed by atoms with Crippen LogP contribution in [-0.2, 0) is 0 Å². The van der Waals surface area contributed by atoms with Crippen LogP contribution in [0.5, 0.6) is 0 Å². The number of hydrogen-bond donors (Lipinski definition) is 2. The normalized spacial score (nSPS) is 24.3. The van der Waals surface area contributed by atoms with E-state index in [1.165, 1.54) is 64.5 Å². The number of guanidine groups is 1. The Balaban J connectivity index is 2.00. The highest BCUT2D eigenvalue weighted by Crippen LogP contribution is 2.35. The molecule has 0 unspecified atom stereocenters. The van der Waals surface area contributed by atoms with E-state index in [1.807, 2.05) is 6.08 Å². The summed E-state index contributed by atoms with van der Waals surface area (Å²) in [6.45, 7) is 7.72. The van der Waals surface area contributed by atoms with Crippen LogP contribution in [0.25, 0.3) is 0 Å². The van der Waals surface area contributed by atoms with Gasteiger partial charge in [-0.25, -0.2) is 0 Å². The SMILES string of the molecule is C=CCNC(N)=NCC1(N2CCCCC2)CCCCC1. The lowest BCUT2D eigenvalue weighted by Gasteiger charge is -2.47. The molecule has 3 N–H and O–H groups in total. The van der Waals surface area contributed by atoms with Gasteiger partial charge in [0.05, 0.1) is 6.54 Å². The predicted octanol–water partition coefficient (Wildman–Crippen LogP) is 2.27. The summed E-state index contributed by atoms with van der Waals surface area (Å²) in [4.78, 5) is 7.33. The molecule has 0 atom stereocenters. The molecule has 0 aromatic rings. The quantitative estimate of drug-likeness (QED) is 0.461. The summed E-state index contributed by atoms with van der Waals surface area (Å²) in [7, 11) is 0. The maximum absolute atomic E-state index is 5.94. The van der Waals surface area contributed by atoms with Gasteiger partial charge in [-0.05, 0) is 38.8 Å². The highest BCUT2D eigenvalue weighted by molar-refractivity contribution is 5.77. The lowest BCUT2D eigenvalue weighted by atomic mass is 9.79. The van der Waals surface area contributed by atoms with E-state index in [9.17, 15) is 0 Å². The standard InChI is InChI=1S/C16H30N4/c1-2-11-18-15(17)19-14-16(9-5-3-6-10-16)20-12-7-4-8-13-20/h2H,1,3-14H2,(H3,17,18,19). The molecule has 0 bridgehead atoms. The van der Waals surface area contributed by atoms with Crippen molar-refractivity contribution in [1.29, 1.82) is 0 Å². The first-order valence-electron chi connectivity index (χ1n) is 8.17. The summed E-state index contributed by atoms with van der Waals surface area (Å²) in [5, 5.41) is 3.08. The number of rotatable bonds is 5. The molecule has 2 rings (SSSR count). The molecule has 0 amide bonds. The third kappa shape index (κ3) is 3.98. The highest BCUT2D eigenvalue weighted by atomic mass is 15.2. The van der Waals surface area contributed by atoms with Crippen molar-refractivity contribution in [3.05, 3.63) is 12.7 Å². The largest absolute Gasteiger partial charge is 0.370 e. The van der Waals surface area contributed by atoms with Crippen LogP contribution < -0.4 is 11.1 Å². The van der Waals surface area contributed by atoms with E-state index in [4.69, 9.17) is 5.73 Å². The molecule has 4 heteroatoms. The molecule has 2 aliphatic rings. The topological polar surface area (TPSA) is 53.6 Å². The highest BCUT2D eigenvalue weighted by Gasteiger charge is 2.38. The summed E-state index contributed by atoms with van der Waals surface area (Å²) in [6, 6.07) is 0. The third-order valence-corrected chi connectivity index (χ3v) is 4.78. The van der Waals surface area contributed by atoms with Crippen LogP contribution >= 0.6 is 0 Å². The molecule has 0 radical (unpaired) electrons. The Kier molecular flexibility index (Phi) is 5.89. The zero-order valence-corrected chi connectivity index (χ0v) is 12.7. The monoisotopic (exact) mass is 278 g/mol. The number of aliphatic imine (C=N–C) groups is 1. The molecular weight excluding hydrogens is 248 g/mol. The third-order valence-electron chi connectivity index (χ3n) is 4.78. The van der Waals surface area contributed by atoms with Gasteiger partial charge >= 0.3 is 0 Å². The molecule has 0 aromatic heterocycles. The van der Waals surface area contributed by atoms with Gasteiger partial charge in [0.1, 0.15) is 0 Å². The van der Waals surface area contributed by atoms with Crippen molar-refractivity contribution in [2.24, 2.45) is 10.7 Å². The van der Waals surface area contributed by atoms with Crippen LogP contribution in [0, 0.1) is 0 Å². The Labute approximate surface area is 123 Å². The fourth-order valence-electron chi connectivity index (χ4n) is 3.62. The Morgan fingerprint density at radius 2 is 1.80 bits per heavy atom. The van der Waals surface area contributed by atoms with Gasteiger partial charge in [0.15, 0.2) is 5.96 Å². The molecule has 1 aliphatic carbocycles. The van der Waals surface area contributed by atoms with E-state index in [0.717, 1.165) is 6.54 Å². The van der Waals surface area contributed by atoms with Gasteiger partial charge in [-0.2, -0.15) is 0 Å². The predicted molar refractivity (Wildman–Crippen MR) is 85.9 cm³/mol. The van der Waals surface area contributed by atoms with Gasteiger partial charge < -0.3 is 11.1 Å². The van der Waals surface area contributed by atoms with Crippen molar-refractivity contribution >= 4 is 5.96 Å². The van der Waals surface area contributed by atoms with Crippen LogP contribution in [-0.4, -0.2) is 42.6 Å². The van der Waals surface area contributed by atoms with E-state index in [0.29, 0.717) is 12.5 Å². The van der Waals surface area contributed by atoms with Gasteiger partial charge in [0, 0.05) is 12.1 Å². The second-order valence-corrected chi connectivity index (χ2v) is 6.20. The van der Waals surface area contributed by atoms with Crippen LogP contribution in [0.1, 0.15) is 51.4 Å². The Bertz CT molecular complexity index is 325. The van der Waals surface area contributed by atoms with Crippen LogP contribution in [0.4, 0.5) is 0 Å². The summed E-state index contributed by atoms with van der Waals surface area (Å²) >= 11 is 0.